The van der Waals surface area contributed by atoms with E-state index in [0.29, 0.717) is 17.7 Å². The van der Waals surface area contributed by atoms with Crippen molar-refractivity contribution in [3.05, 3.63) is 69.0 Å². The van der Waals surface area contributed by atoms with E-state index in [2.05, 4.69) is 17.7 Å². The summed E-state index contributed by atoms with van der Waals surface area (Å²) < 4.78 is 6.34. The third-order valence-corrected chi connectivity index (χ3v) is 6.13. The van der Waals surface area contributed by atoms with Gasteiger partial charge in [-0.05, 0) is 48.1 Å². The fourth-order valence-electron chi connectivity index (χ4n) is 4.67. The van der Waals surface area contributed by atoms with E-state index in [1.54, 1.807) is 11.5 Å². The average Bonchev–Trinajstić information content (AvgIpc) is 3.10. The van der Waals surface area contributed by atoms with Gasteiger partial charge in [-0.15, -0.1) is 0 Å². The molecule has 0 atom stereocenters. The first-order valence-electron chi connectivity index (χ1n) is 10.1. The minimum absolute atomic E-state index is 0.241. The Balaban J connectivity index is 1.78. The fourth-order valence-corrected chi connectivity index (χ4v) is 4.67. The number of nitrogens with zero attached hydrogens (tertiary/aromatic N) is 2. The van der Waals surface area contributed by atoms with Crippen molar-refractivity contribution < 1.29 is 14.6 Å². The number of carbonyl (C=O) groups is 1. The van der Waals surface area contributed by atoms with E-state index in [4.69, 9.17) is 15.8 Å². The summed E-state index contributed by atoms with van der Waals surface area (Å²) in [5, 5.41) is 11.9. The van der Waals surface area contributed by atoms with Gasteiger partial charge in [0.2, 0.25) is 0 Å². The molecule has 0 aliphatic carbocycles. The first kappa shape index (κ1) is 19.1. The molecule has 0 fully saturated rings. The van der Waals surface area contributed by atoms with Crippen molar-refractivity contribution in [3.63, 3.8) is 0 Å². The lowest BCUT2D eigenvalue weighted by Crippen LogP contribution is -2.25. The Labute approximate surface area is 177 Å². The molecule has 2 aromatic heterocycles. The molecule has 31 heavy (non-hydrogen) atoms. The summed E-state index contributed by atoms with van der Waals surface area (Å²) in [6.07, 6.45) is -0.619. The van der Waals surface area contributed by atoms with Crippen LogP contribution in [0.15, 0.2) is 41.2 Å². The van der Waals surface area contributed by atoms with Crippen LogP contribution in [0.1, 0.15) is 29.2 Å². The molecule has 0 saturated carbocycles. The van der Waals surface area contributed by atoms with E-state index in [1.165, 1.54) is 0 Å². The number of nitrogen functional groups attached to an aromatic ring is 1. The molecular weight excluding hydrogens is 394 g/mol. The summed E-state index contributed by atoms with van der Waals surface area (Å²) in [4.78, 5) is 28.9. The van der Waals surface area contributed by atoms with Gasteiger partial charge in [-0.1, -0.05) is 25.1 Å². The highest BCUT2D eigenvalue weighted by Crippen LogP contribution is 2.39. The molecule has 2 aromatic carbocycles. The Morgan fingerprint density at radius 2 is 2.03 bits per heavy atom. The van der Waals surface area contributed by atoms with Gasteiger partial charge in [-0.2, -0.15) is 0 Å². The minimum atomic E-state index is -1.40. The molecular formula is C24H21N3O4. The summed E-state index contributed by atoms with van der Waals surface area (Å²) in [7, 11) is 0. The highest BCUT2D eigenvalue weighted by molar-refractivity contribution is 6.12. The molecule has 0 spiro atoms. The van der Waals surface area contributed by atoms with Crippen LogP contribution >= 0.6 is 0 Å². The zero-order valence-corrected chi connectivity index (χ0v) is 17.2. The lowest BCUT2D eigenvalue weighted by atomic mass is 9.94. The number of aromatic nitrogens is 2. The van der Waals surface area contributed by atoms with E-state index in [9.17, 15) is 9.59 Å². The van der Waals surface area contributed by atoms with E-state index >= 15 is 0 Å². The van der Waals surface area contributed by atoms with Gasteiger partial charge in [0.1, 0.15) is 6.61 Å². The fraction of sp³-hybridized carbons (Fsp3) is 0.208. The lowest BCUT2D eigenvalue weighted by Gasteiger charge is -2.13. The second kappa shape index (κ2) is 6.84. The highest BCUT2D eigenvalue weighted by Gasteiger charge is 2.27. The smallest absolute Gasteiger partial charge is 0.450 e. The summed E-state index contributed by atoms with van der Waals surface area (Å²) in [6, 6.07) is 11.8. The van der Waals surface area contributed by atoms with Gasteiger partial charge in [-0.25, -0.2) is 9.78 Å². The third-order valence-electron chi connectivity index (χ3n) is 6.13. The van der Waals surface area contributed by atoms with Crippen molar-refractivity contribution >= 4 is 33.5 Å². The van der Waals surface area contributed by atoms with Crippen molar-refractivity contribution in [2.24, 2.45) is 0 Å². The highest BCUT2D eigenvalue weighted by atomic mass is 16.7. The van der Waals surface area contributed by atoms with E-state index < -0.39 is 6.16 Å². The zero-order valence-electron chi connectivity index (χ0n) is 17.2. The number of anilines is 1. The maximum absolute atomic E-state index is 13.2. The second-order valence-corrected chi connectivity index (χ2v) is 7.81. The lowest BCUT2D eigenvalue weighted by molar-refractivity contribution is 0.0848. The first-order chi connectivity index (χ1) is 14.9. The van der Waals surface area contributed by atoms with Gasteiger partial charge in [0.15, 0.2) is 0 Å². The van der Waals surface area contributed by atoms with Crippen LogP contribution in [0.4, 0.5) is 10.5 Å². The summed E-state index contributed by atoms with van der Waals surface area (Å²) in [6.45, 7) is 4.02. The Morgan fingerprint density at radius 3 is 2.77 bits per heavy atom. The Bertz CT molecular complexity index is 1470. The molecule has 0 saturated heterocycles. The number of hydrogen-bond acceptors (Lipinski definition) is 5. The van der Waals surface area contributed by atoms with Crippen LogP contribution in [0.2, 0.25) is 0 Å². The maximum atomic E-state index is 13.2. The van der Waals surface area contributed by atoms with Crippen molar-refractivity contribution in [2.45, 2.75) is 33.4 Å². The predicted molar refractivity (Wildman–Crippen MR) is 119 cm³/mol. The molecule has 0 radical (unpaired) electrons. The number of ether oxygens (including phenoxy) is 1. The monoisotopic (exact) mass is 415 g/mol. The topological polar surface area (TPSA) is 107 Å². The summed E-state index contributed by atoms with van der Waals surface area (Å²) in [5.41, 5.74) is 12.3. The van der Waals surface area contributed by atoms with Crippen molar-refractivity contribution in [2.75, 3.05) is 5.73 Å². The van der Waals surface area contributed by atoms with Crippen LogP contribution in [-0.4, -0.2) is 20.8 Å². The number of hydrogen-bond donors (Lipinski definition) is 2. The van der Waals surface area contributed by atoms with Gasteiger partial charge in [0, 0.05) is 22.0 Å². The average molecular weight is 415 g/mol. The second-order valence-electron chi connectivity index (χ2n) is 7.81. The third kappa shape index (κ3) is 2.77. The van der Waals surface area contributed by atoms with E-state index in [-0.39, 0.29) is 12.2 Å². The molecule has 156 valence electrons. The largest absolute Gasteiger partial charge is 0.506 e. The molecule has 1 aliphatic rings. The summed E-state index contributed by atoms with van der Waals surface area (Å²) >= 11 is 0. The molecule has 7 heteroatoms. The van der Waals surface area contributed by atoms with Crippen LogP contribution < -0.4 is 11.3 Å². The number of nitrogens with two attached hydrogens (primary N) is 1. The quantitative estimate of drug-likeness (QED) is 0.259. The molecule has 5 rings (SSSR count). The van der Waals surface area contributed by atoms with Crippen molar-refractivity contribution in [1.82, 2.24) is 9.55 Å². The van der Waals surface area contributed by atoms with Gasteiger partial charge in [0.05, 0.1) is 29.0 Å². The van der Waals surface area contributed by atoms with Gasteiger partial charge >= 0.3 is 6.16 Å². The molecule has 3 heterocycles. The molecule has 7 nitrogen and oxygen atoms in total. The molecule has 0 bridgehead atoms. The number of rotatable bonds is 3. The standard InChI is InChI=1S/C24H21N3O4/c1-3-13-16-10-27-20(9-12(2)17(23(27)28)11-31-24(29)30)22(16)26-19-8-7-14-15(21(13)19)5-4-6-18(14)25/h4-9H,3,10-11,25H2,1-2H3,(H,29,30). The number of aryl methyl sites for hydroxylation is 2. The number of carboxylic acid groups (broad SMARTS) is 1. The van der Waals surface area contributed by atoms with Crippen LogP contribution in [0.25, 0.3) is 33.1 Å². The first-order valence-corrected chi connectivity index (χ1v) is 10.1. The number of fused-ring (bicyclic) bond motifs is 6. The SMILES string of the molecule is CCc1c2c(nc3ccc4c(N)cccc4c13)-c1cc(C)c(COC(=O)O)c(=O)n1C2. The van der Waals surface area contributed by atoms with Gasteiger partial charge in [-0.3, -0.25) is 4.79 Å². The Kier molecular flexibility index (Phi) is 4.22. The molecule has 0 unspecified atom stereocenters. The Morgan fingerprint density at radius 1 is 1.23 bits per heavy atom. The van der Waals surface area contributed by atoms with Crippen molar-refractivity contribution in [1.29, 1.82) is 0 Å². The van der Waals surface area contributed by atoms with Gasteiger partial charge < -0.3 is 20.1 Å². The van der Waals surface area contributed by atoms with Crippen LogP contribution in [0, 0.1) is 6.92 Å². The van der Waals surface area contributed by atoms with E-state index in [1.807, 2.05) is 30.3 Å². The molecule has 1 aliphatic heterocycles. The number of benzene rings is 2. The summed E-state index contributed by atoms with van der Waals surface area (Å²) in [5.74, 6) is 0. The van der Waals surface area contributed by atoms with Crippen LogP contribution in [0.5, 0.6) is 0 Å². The molecule has 0 amide bonds. The normalized spacial score (nSPS) is 12.2. The minimum Gasteiger partial charge on any atom is -0.450 e. The Hall–Kier alpha value is -3.87. The maximum Gasteiger partial charge on any atom is 0.506 e. The van der Waals surface area contributed by atoms with Crippen molar-refractivity contribution in [3.8, 4) is 11.4 Å². The predicted octanol–water partition coefficient (Wildman–Crippen LogP) is 4.23. The van der Waals surface area contributed by atoms with Crippen LogP contribution in [0.3, 0.4) is 0 Å². The van der Waals surface area contributed by atoms with Crippen LogP contribution in [-0.2, 0) is 24.3 Å². The molecule has 3 N–H and O–H groups in total. The molecule has 4 aromatic rings. The van der Waals surface area contributed by atoms with Gasteiger partial charge in [0.25, 0.3) is 5.56 Å². The number of pyridine rings is 2. The van der Waals surface area contributed by atoms with E-state index in [0.717, 1.165) is 56.3 Å². The zero-order chi connectivity index (χ0) is 21.9.